The topological polar surface area (TPSA) is 210 Å². The standard InChI is InChI=1S/C26H40N4O9/c1-13(2)20-18(24(30-29-20)39-25-23(36)22(35)21(34)19(12-33)38-25)9-16-5-4-15(8-14(16)3)6-7-27-26(37)28-17(10-31)11-32/h4-5,8,13,17,19,21-23,25,31-36H,6-7,9-12H2,1-3H3,(H,29,30)(H2,27,28,37)/t19-,21-,22+,23-,25+/m1/s1. The Morgan fingerprint density at radius 3 is 2.46 bits per heavy atom. The summed E-state index contributed by atoms with van der Waals surface area (Å²) in [5.74, 6) is 0.262. The van der Waals surface area contributed by atoms with Gasteiger partial charge in [0.2, 0.25) is 12.2 Å². The molecule has 2 aromatic rings. The normalized spacial score (nSPS) is 23.3. The van der Waals surface area contributed by atoms with Crippen LogP contribution in [0.15, 0.2) is 18.2 Å². The fourth-order valence-corrected chi connectivity index (χ4v) is 4.39. The van der Waals surface area contributed by atoms with Crippen molar-refractivity contribution in [1.82, 2.24) is 20.8 Å². The Hall–Kier alpha value is -2.78. The van der Waals surface area contributed by atoms with Crippen LogP contribution in [-0.4, -0.2) is 110 Å². The first-order valence-corrected chi connectivity index (χ1v) is 13.0. The van der Waals surface area contributed by atoms with E-state index in [0.717, 1.165) is 27.9 Å². The monoisotopic (exact) mass is 552 g/mol. The van der Waals surface area contributed by atoms with Gasteiger partial charge in [0.05, 0.1) is 25.9 Å². The second-order valence-corrected chi connectivity index (χ2v) is 10.0. The van der Waals surface area contributed by atoms with E-state index in [1.165, 1.54) is 0 Å². The molecule has 3 rings (SSSR count). The third kappa shape index (κ3) is 7.66. The van der Waals surface area contributed by atoms with Crippen molar-refractivity contribution in [1.29, 1.82) is 0 Å². The molecular weight excluding hydrogens is 512 g/mol. The molecule has 1 aliphatic heterocycles. The Morgan fingerprint density at radius 1 is 1.13 bits per heavy atom. The molecule has 1 aromatic heterocycles. The fourth-order valence-electron chi connectivity index (χ4n) is 4.39. The summed E-state index contributed by atoms with van der Waals surface area (Å²) >= 11 is 0. The predicted octanol–water partition coefficient (Wildman–Crippen LogP) is -1.19. The fraction of sp³-hybridized carbons (Fsp3) is 0.615. The number of urea groups is 1. The largest absolute Gasteiger partial charge is 0.443 e. The summed E-state index contributed by atoms with van der Waals surface area (Å²) in [4.78, 5) is 11.9. The van der Waals surface area contributed by atoms with Crippen LogP contribution in [0.25, 0.3) is 0 Å². The molecule has 0 saturated carbocycles. The molecule has 5 atom stereocenters. The average molecular weight is 553 g/mol. The van der Waals surface area contributed by atoms with Crippen LogP contribution < -0.4 is 15.4 Å². The second-order valence-electron chi connectivity index (χ2n) is 10.0. The number of aromatic amines is 1. The van der Waals surface area contributed by atoms with Crippen molar-refractivity contribution < 1.29 is 44.9 Å². The molecule has 39 heavy (non-hydrogen) atoms. The van der Waals surface area contributed by atoms with Gasteiger partial charge in [0.1, 0.15) is 24.4 Å². The highest BCUT2D eigenvalue weighted by atomic mass is 16.7. The third-order valence-corrected chi connectivity index (χ3v) is 6.76. The molecule has 1 aromatic carbocycles. The summed E-state index contributed by atoms with van der Waals surface area (Å²) in [6.45, 7) is 5.06. The minimum atomic E-state index is -1.56. The van der Waals surface area contributed by atoms with Gasteiger partial charge < -0.3 is 50.7 Å². The smallest absolute Gasteiger partial charge is 0.315 e. The van der Waals surface area contributed by atoms with Gasteiger partial charge in [-0.05, 0) is 36.0 Å². The van der Waals surface area contributed by atoms with Crippen LogP contribution >= 0.6 is 0 Å². The number of hydrogen-bond donors (Lipinski definition) is 9. The molecule has 9 N–H and O–H groups in total. The minimum absolute atomic E-state index is 0.0766. The lowest BCUT2D eigenvalue weighted by atomic mass is 9.95. The van der Waals surface area contributed by atoms with Gasteiger partial charge in [-0.1, -0.05) is 32.0 Å². The van der Waals surface area contributed by atoms with Crippen LogP contribution in [0.5, 0.6) is 5.88 Å². The van der Waals surface area contributed by atoms with E-state index in [1.807, 2.05) is 39.0 Å². The first kappa shape index (κ1) is 30.8. The highest BCUT2D eigenvalue weighted by Gasteiger charge is 2.45. The lowest BCUT2D eigenvalue weighted by molar-refractivity contribution is -0.278. The minimum Gasteiger partial charge on any atom is -0.443 e. The van der Waals surface area contributed by atoms with E-state index in [9.17, 15) is 25.2 Å². The maximum Gasteiger partial charge on any atom is 0.315 e. The number of aliphatic hydroxyl groups excluding tert-OH is 6. The summed E-state index contributed by atoms with van der Waals surface area (Å²) < 4.78 is 11.4. The number of amides is 2. The zero-order chi connectivity index (χ0) is 28.7. The Bertz CT molecular complexity index is 1070. The summed E-state index contributed by atoms with van der Waals surface area (Å²) in [6, 6.07) is 4.78. The number of hydrogen-bond acceptors (Lipinski definition) is 10. The van der Waals surface area contributed by atoms with Crippen LogP contribution in [0.3, 0.4) is 0 Å². The molecule has 2 amide bonds. The molecule has 0 aliphatic carbocycles. The highest BCUT2D eigenvalue weighted by Crippen LogP contribution is 2.31. The summed E-state index contributed by atoms with van der Waals surface area (Å²) in [7, 11) is 0. The van der Waals surface area contributed by atoms with Crippen molar-refractivity contribution in [3.63, 3.8) is 0 Å². The molecule has 13 heteroatoms. The van der Waals surface area contributed by atoms with Crippen LogP contribution in [0, 0.1) is 6.92 Å². The molecule has 0 radical (unpaired) electrons. The van der Waals surface area contributed by atoms with E-state index in [2.05, 4.69) is 20.8 Å². The van der Waals surface area contributed by atoms with Gasteiger partial charge in [0.25, 0.3) is 0 Å². The molecule has 13 nitrogen and oxygen atoms in total. The number of nitrogens with one attached hydrogen (secondary N) is 3. The number of aromatic nitrogens is 2. The molecule has 0 spiro atoms. The molecule has 1 saturated heterocycles. The van der Waals surface area contributed by atoms with Gasteiger partial charge in [-0.25, -0.2) is 4.79 Å². The van der Waals surface area contributed by atoms with Gasteiger partial charge in [0.15, 0.2) is 0 Å². The lowest BCUT2D eigenvalue weighted by Crippen LogP contribution is -2.60. The number of carbonyl (C=O) groups is 1. The summed E-state index contributed by atoms with van der Waals surface area (Å²) in [6.07, 6.45) is -6.02. The highest BCUT2D eigenvalue weighted by molar-refractivity contribution is 5.74. The number of ether oxygens (including phenoxy) is 2. The second kappa shape index (κ2) is 14.0. The van der Waals surface area contributed by atoms with Gasteiger partial charge in [0, 0.05) is 24.2 Å². The third-order valence-electron chi connectivity index (χ3n) is 6.76. The summed E-state index contributed by atoms with van der Waals surface area (Å²) in [5.41, 5.74) is 4.59. The van der Waals surface area contributed by atoms with Crippen LogP contribution in [0.1, 0.15) is 47.7 Å². The SMILES string of the molecule is Cc1cc(CCNC(=O)NC(CO)CO)ccc1Cc1c(O[C@@H]2O[C@H](CO)[C@@H](O)[C@H](O)[C@H]2O)n[nH]c1C(C)C. The van der Waals surface area contributed by atoms with E-state index in [-0.39, 0.29) is 25.0 Å². The van der Waals surface area contributed by atoms with Crippen molar-refractivity contribution in [3.8, 4) is 5.88 Å². The van der Waals surface area contributed by atoms with Crippen molar-refractivity contribution in [2.24, 2.45) is 0 Å². The molecule has 0 unspecified atom stereocenters. The van der Waals surface area contributed by atoms with Gasteiger partial charge in [-0.3, -0.25) is 5.10 Å². The summed E-state index contributed by atoms with van der Waals surface area (Å²) in [5, 5.41) is 70.6. The van der Waals surface area contributed by atoms with Gasteiger partial charge >= 0.3 is 6.03 Å². The van der Waals surface area contributed by atoms with E-state index in [0.29, 0.717) is 19.4 Å². The van der Waals surface area contributed by atoms with Gasteiger partial charge in [-0.15, -0.1) is 5.10 Å². The van der Waals surface area contributed by atoms with Crippen molar-refractivity contribution in [3.05, 3.63) is 46.1 Å². The number of benzene rings is 1. The number of nitrogens with zero attached hydrogens (tertiary/aromatic N) is 1. The van der Waals surface area contributed by atoms with Gasteiger partial charge in [-0.2, -0.15) is 0 Å². The van der Waals surface area contributed by atoms with Crippen molar-refractivity contribution >= 4 is 6.03 Å². The number of aliphatic hydroxyl groups is 6. The van der Waals surface area contributed by atoms with E-state index >= 15 is 0 Å². The maximum atomic E-state index is 11.9. The Balaban J connectivity index is 1.70. The van der Waals surface area contributed by atoms with Crippen LogP contribution in [0.4, 0.5) is 4.79 Å². The number of aryl methyl sites for hydroxylation is 1. The Kier molecular flexibility index (Phi) is 11.1. The number of rotatable bonds is 12. The molecule has 2 heterocycles. The molecule has 218 valence electrons. The van der Waals surface area contributed by atoms with Crippen LogP contribution in [0.2, 0.25) is 0 Å². The average Bonchev–Trinajstić information content (AvgIpc) is 3.31. The molecule has 1 aliphatic rings. The zero-order valence-electron chi connectivity index (χ0n) is 22.4. The Morgan fingerprint density at radius 2 is 1.85 bits per heavy atom. The van der Waals surface area contributed by atoms with E-state index in [1.54, 1.807) is 0 Å². The first-order chi connectivity index (χ1) is 18.6. The quantitative estimate of drug-likeness (QED) is 0.154. The molecule has 0 bridgehead atoms. The Labute approximate surface area is 226 Å². The first-order valence-electron chi connectivity index (χ1n) is 13.0. The van der Waals surface area contributed by atoms with Crippen molar-refractivity contribution in [2.45, 2.75) is 76.3 Å². The predicted molar refractivity (Wildman–Crippen MR) is 139 cm³/mol. The molecular formula is C26H40N4O9. The number of carbonyl (C=O) groups excluding carboxylic acids is 1. The van der Waals surface area contributed by atoms with E-state index < -0.39 is 49.4 Å². The number of H-pyrrole nitrogens is 1. The zero-order valence-corrected chi connectivity index (χ0v) is 22.4. The maximum absolute atomic E-state index is 11.9. The van der Waals surface area contributed by atoms with Crippen molar-refractivity contribution in [2.75, 3.05) is 26.4 Å². The van der Waals surface area contributed by atoms with Crippen LogP contribution in [-0.2, 0) is 17.6 Å². The lowest BCUT2D eigenvalue weighted by Gasteiger charge is -2.39. The van der Waals surface area contributed by atoms with E-state index in [4.69, 9.17) is 19.7 Å². The molecule has 1 fully saturated rings.